The van der Waals surface area contributed by atoms with Crippen LogP contribution in [-0.4, -0.2) is 62.1 Å². The smallest absolute Gasteiger partial charge is 0.259 e. The third kappa shape index (κ3) is 6.98. The Balaban J connectivity index is 0.000000342. The zero-order chi connectivity index (χ0) is 28.2. The number of benzene rings is 1. The molecule has 1 saturated heterocycles. The molecule has 1 aromatic carbocycles. The van der Waals surface area contributed by atoms with Gasteiger partial charge in [-0.2, -0.15) is 0 Å². The number of aromatic nitrogens is 2. The zero-order valence-electron chi connectivity index (χ0n) is 22.8. The summed E-state index contributed by atoms with van der Waals surface area (Å²) in [5.41, 5.74) is 1.11. The standard InChI is InChI=1S/C18H21Cl2N5O2S.C9H15Br/c1-18(2)16(26)24(14-9-12(19)8-13(20)10-14)17-21-11-15(25(17)18)28(27)23-6-4-22(3)5-7-23;1-4-9(5-2)7-6-8(3)10/h8-11H,4-7H2,1-3H3;6-7H,4-5H2,1-3H3/b;8-6+. The lowest BCUT2D eigenvalue weighted by Crippen LogP contribution is -2.45. The van der Waals surface area contributed by atoms with Crippen molar-refractivity contribution in [3.05, 3.63) is 56.6 Å². The maximum Gasteiger partial charge on any atom is 0.259 e. The van der Waals surface area contributed by atoms with E-state index < -0.39 is 16.5 Å². The number of likely N-dealkylation sites (N-methyl/N-ethyl adjacent to an activating group) is 1. The van der Waals surface area contributed by atoms with E-state index in [1.807, 2.05) is 18.3 Å². The van der Waals surface area contributed by atoms with Crippen molar-refractivity contribution >= 4 is 67.7 Å². The molecule has 4 rings (SSSR count). The van der Waals surface area contributed by atoms with Gasteiger partial charge in [0, 0.05) is 36.2 Å². The molecule has 0 radical (unpaired) electrons. The Labute approximate surface area is 247 Å². The van der Waals surface area contributed by atoms with E-state index in [0.717, 1.165) is 25.9 Å². The maximum atomic E-state index is 13.3. The third-order valence-corrected chi connectivity index (χ3v) is 8.82. The van der Waals surface area contributed by atoms with E-state index in [2.05, 4.69) is 51.8 Å². The van der Waals surface area contributed by atoms with Gasteiger partial charge in [0.1, 0.15) is 21.6 Å². The summed E-state index contributed by atoms with van der Waals surface area (Å²) in [6.07, 6.45) is 8.20. The number of carbonyl (C=O) groups is 1. The summed E-state index contributed by atoms with van der Waals surface area (Å²) in [6, 6.07) is 4.95. The largest absolute Gasteiger partial charge is 0.304 e. The Bertz CT molecular complexity index is 1220. The van der Waals surface area contributed by atoms with Crippen molar-refractivity contribution in [2.45, 2.75) is 58.0 Å². The van der Waals surface area contributed by atoms with Crippen molar-refractivity contribution in [1.29, 1.82) is 0 Å². The molecule has 0 bridgehead atoms. The fourth-order valence-corrected chi connectivity index (χ4v) is 6.31. The number of carbonyl (C=O) groups excluding carboxylic acids is 1. The first kappa shape index (κ1) is 31.0. The topological polar surface area (TPSA) is 61.7 Å². The maximum absolute atomic E-state index is 13.3. The first-order chi connectivity index (χ1) is 17.9. The van der Waals surface area contributed by atoms with Crippen molar-refractivity contribution in [3.8, 4) is 0 Å². The average Bonchev–Trinajstić information content (AvgIpc) is 3.37. The first-order valence-electron chi connectivity index (χ1n) is 12.7. The number of imidazole rings is 1. The van der Waals surface area contributed by atoms with Gasteiger partial charge in [0.15, 0.2) is 0 Å². The Morgan fingerprint density at radius 3 is 2.18 bits per heavy atom. The summed E-state index contributed by atoms with van der Waals surface area (Å²) in [4.78, 5) is 21.4. The van der Waals surface area contributed by atoms with E-state index >= 15 is 0 Å². The summed E-state index contributed by atoms with van der Waals surface area (Å²) >= 11 is 15.6. The fourth-order valence-electron chi connectivity index (χ4n) is 4.30. The zero-order valence-corrected chi connectivity index (χ0v) is 26.7. The monoisotopic (exact) mass is 643 g/mol. The van der Waals surface area contributed by atoms with Gasteiger partial charge >= 0.3 is 0 Å². The van der Waals surface area contributed by atoms with Gasteiger partial charge in [0.05, 0.1) is 11.9 Å². The molecule has 1 atom stereocenters. The van der Waals surface area contributed by atoms with Crippen LogP contribution in [0.1, 0.15) is 47.5 Å². The molecule has 2 aliphatic heterocycles. The highest BCUT2D eigenvalue weighted by Gasteiger charge is 2.48. The second-order valence-corrected chi connectivity index (χ2v) is 13.4. The van der Waals surface area contributed by atoms with Crippen LogP contribution >= 0.6 is 39.1 Å². The van der Waals surface area contributed by atoms with E-state index in [0.29, 0.717) is 39.8 Å². The average molecular weight is 645 g/mol. The Morgan fingerprint density at radius 1 is 1.08 bits per heavy atom. The molecule has 1 aromatic heterocycles. The lowest BCUT2D eigenvalue weighted by Gasteiger charge is -2.31. The molecule has 2 aromatic rings. The number of nitrogens with zero attached hydrogens (tertiary/aromatic N) is 5. The second-order valence-electron chi connectivity index (χ2n) is 9.83. The van der Waals surface area contributed by atoms with Crippen molar-refractivity contribution in [2.24, 2.45) is 0 Å². The molecule has 1 fully saturated rings. The number of allylic oxidation sites excluding steroid dienone is 4. The lowest BCUT2D eigenvalue weighted by atomic mass is 10.1. The molecule has 1 amide bonds. The highest BCUT2D eigenvalue weighted by Crippen LogP contribution is 2.42. The van der Waals surface area contributed by atoms with Gasteiger partial charge in [-0.3, -0.25) is 9.36 Å². The normalized spacial score (nSPS) is 18.6. The molecular weight excluding hydrogens is 609 g/mol. The highest BCUT2D eigenvalue weighted by atomic mass is 79.9. The molecule has 0 spiro atoms. The van der Waals surface area contributed by atoms with Crippen LogP contribution in [0.4, 0.5) is 11.6 Å². The highest BCUT2D eigenvalue weighted by molar-refractivity contribution is 9.11. The minimum atomic E-state index is -1.40. The van der Waals surface area contributed by atoms with Crippen molar-refractivity contribution in [2.75, 3.05) is 38.1 Å². The number of amides is 1. The minimum absolute atomic E-state index is 0.175. The molecule has 208 valence electrons. The number of anilines is 2. The Morgan fingerprint density at radius 2 is 1.66 bits per heavy atom. The summed E-state index contributed by atoms with van der Waals surface area (Å²) in [7, 11) is 0.647. The molecule has 11 heteroatoms. The van der Waals surface area contributed by atoms with Crippen LogP contribution in [0, 0.1) is 0 Å². The summed E-state index contributed by atoms with van der Waals surface area (Å²) in [5.74, 6) is 0.247. The van der Waals surface area contributed by atoms with Crippen molar-refractivity contribution in [1.82, 2.24) is 18.8 Å². The molecule has 0 saturated carbocycles. The molecule has 3 heterocycles. The van der Waals surface area contributed by atoms with Gasteiger partial charge in [-0.1, -0.05) is 70.7 Å². The van der Waals surface area contributed by atoms with E-state index in [9.17, 15) is 9.00 Å². The van der Waals surface area contributed by atoms with Crippen molar-refractivity contribution < 1.29 is 9.00 Å². The number of rotatable bonds is 6. The molecule has 2 aliphatic rings. The van der Waals surface area contributed by atoms with Gasteiger partial charge in [-0.05, 0) is 63.3 Å². The number of halogens is 3. The Kier molecular flexibility index (Phi) is 10.8. The number of fused-ring (bicyclic) bond motifs is 1. The number of hydrogen-bond acceptors (Lipinski definition) is 4. The number of piperazine rings is 1. The van der Waals surface area contributed by atoms with E-state index in [4.69, 9.17) is 23.2 Å². The minimum Gasteiger partial charge on any atom is -0.304 e. The van der Waals surface area contributed by atoms with Gasteiger partial charge in [0.2, 0.25) is 5.95 Å². The van der Waals surface area contributed by atoms with Crippen LogP contribution in [0.25, 0.3) is 0 Å². The molecule has 0 aliphatic carbocycles. The molecule has 7 nitrogen and oxygen atoms in total. The van der Waals surface area contributed by atoms with E-state index in [1.165, 1.54) is 15.0 Å². The predicted molar refractivity (Wildman–Crippen MR) is 162 cm³/mol. The van der Waals surface area contributed by atoms with Crippen LogP contribution in [0.2, 0.25) is 10.0 Å². The lowest BCUT2D eigenvalue weighted by molar-refractivity contribution is -0.123. The van der Waals surface area contributed by atoms with Crippen LogP contribution < -0.4 is 4.90 Å². The molecule has 0 N–H and O–H groups in total. The first-order valence-corrected chi connectivity index (χ1v) is 15.3. The van der Waals surface area contributed by atoms with Crippen LogP contribution in [0.15, 0.2) is 51.6 Å². The SMILES string of the molecule is CCC(=C/C=C(\C)Br)CC.CN1CCN(S(=O)c2cnc3n2C(C)(C)C(=O)N3c2cc(Cl)cc(Cl)c2)CC1. The van der Waals surface area contributed by atoms with Crippen LogP contribution in [0.3, 0.4) is 0 Å². The molecular formula is C27H36BrCl2N5O2S. The van der Waals surface area contributed by atoms with Crippen LogP contribution in [0.5, 0.6) is 0 Å². The summed E-state index contributed by atoms with van der Waals surface area (Å²) in [6.45, 7) is 13.1. The summed E-state index contributed by atoms with van der Waals surface area (Å²) in [5, 5.41) is 1.38. The van der Waals surface area contributed by atoms with E-state index in [1.54, 1.807) is 42.8 Å². The van der Waals surface area contributed by atoms with Gasteiger partial charge in [-0.25, -0.2) is 18.4 Å². The van der Waals surface area contributed by atoms with Crippen molar-refractivity contribution in [3.63, 3.8) is 0 Å². The second kappa shape index (κ2) is 13.2. The predicted octanol–water partition coefficient (Wildman–Crippen LogP) is 6.90. The van der Waals surface area contributed by atoms with E-state index in [-0.39, 0.29) is 5.91 Å². The quantitative estimate of drug-likeness (QED) is 0.321. The number of hydrogen-bond donors (Lipinski definition) is 0. The third-order valence-electron chi connectivity index (χ3n) is 6.63. The van der Waals surface area contributed by atoms with Gasteiger partial charge < -0.3 is 4.90 Å². The fraction of sp³-hybridized carbons (Fsp3) is 0.481. The molecule has 38 heavy (non-hydrogen) atoms. The summed E-state index contributed by atoms with van der Waals surface area (Å²) < 4.78 is 18.1. The van der Waals surface area contributed by atoms with Crippen LogP contribution in [-0.2, 0) is 21.3 Å². The Hall–Kier alpha value is -1.49. The van der Waals surface area contributed by atoms with Gasteiger partial charge in [0.25, 0.3) is 5.91 Å². The van der Waals surface area contributed by atoms with Gasteiger partial charge in [-0.15, -0.1) is 0 Å². The molecule has 1 unspecified atom stereocenters.